The van der Waals surface area contributed by atoms with Crippen LogP contribution in [0.25, 0.3) is 0 Å². The number of aliphatic hydroxyl groups is 2. The van der Waals surface area contributed by atoms with Gasteiger partial charge in [0.15, 0.2) is 36.2 Å². The summed E-state index contributed by atoms with van der Waals surface area (Å²) in [4.78, 5) is 107. The smallest absolute Gasteiger partial charge is 1.00 e. The normalized spacial score (nSPS) is 29.6. The molecule has 10 aliphatic rings. The topological polar surface area (TPSA) is 373 Å². The van der Waals surface area contributed by atoms with E-state index in [2.05, 4.69) is 20.7 Å². The van der Waals surface area contributed by atoms with Gasteiger partial charge in [-0.1, -0.05) is 121 Å². The zero-order chi connectivity index (χ0) is 102. The van der Waals surface area contributed by atoms with E-state index in [-0.39, 0.29) is 147 Å². The van der Waals surface area contributed by atoms with Crippen molar-refractivity contribution in [2.45, 2.75) is 316 Å². The number of carboxylic acids is 2. The van der Waals surface area contributed by atoms with Crippen molar-refractivity contribution in [2.75, 3.05) is 72.7 Å². The summed E-state index contributed by atoms with van der Waals surface area (Å²) in [6.07, 6.45) is -0.847. The molecule has 39 heteroatoms. The van der Waals surface area contributed by atoms with Gasteiger partial charge in [0.05, 0.1) is 177 Å². The summed E-state index contributed by atoms with van der Waals surface area (Å²) >= 11 is 4.31. The molecule has 10 fully saturated rings. The largest absolute Gasteiger partial charge is 1.00 e. The third-order valence-electron chi connectivity index (χ3n) is 26.9. The van der Waals surface area contributed by atoms with Gasteiger partial charge in [0, 0.05) is 106 Å². The van der Waals surface area contributed by atoms with Gasteiger partial charge >= 0.3 is 72.6 Å². The molecule has 14 rings (SSSR count). The Morgan fingerprint density at radius 1 is 0.403 bits per heavy atom. The Kier molecular flexibility index (Phi) is 48.7. The third-order valence-corrected chi connectivity index (χ3v) is 26.9. The van der Waals surface area contributed by atoms with E-state index in [4.69, 9.17) is 77.4 Å². The minimum atomic E-state index is -2.97. The predicted octanol–water partition coefficient (Wildman–Crippen LogP) is 14.5. The zero-order valence-electron chi connectivity index (χ0n) is 84.3. The maximum absolute atomic E-state index is 13.8. The number of Topliss-reactive ketones (excluding diaryl/α,β-unsaturated/α-hetero) is 2. The number of hydrogen-bond acceptors (Lipinski definition) is 27. The maximum atomic E-state index is 13.8. The van der Waals surface area contributed by atoms with E-state index in [0.717, 1.165) is 35.6 Å². The Labute approximate surface area is 849 Å². The second kappa shape index (κ2) is 55.8. The van der Waals surface area contributed by atoms with Crippen molar-refractivity contribution in [3.8, 4) is 0 Å². The first kappa shape index (κ1) is 121. The molecule has 773 valence electrons. The standard InChI is InChI=1S/C19H26O5.C17H22F2O3.C17H22O4.C15H18F2O3.C12H20O5.C12H18O5.C8H12F2O3.B.Na.H2P2S.H2.H/c1-3-21-17(20)18(2)14-19(23-11-12-24-19)10-9-16(18)22-13-15-7-5-4-6-8-15;1-3-21-15(20)16(2)12-17(18,19)10-9-14(16)22-11-13-7-5-4-6-8-13;1-3-20-16(19)17(2)11-14(18)9-10-15(17)21-12-13-7-5-4-6-8-13;1-14(13(18)19)10-15(16,17)8-7-12(14)20-9-11-5-3-2-4-6-11;2*1-3-15-10(14)11(2)8-12(5-4-9(11)13)16-6-7-17-12;1-7(6(12)13)4-8(9,10)3-2-5(7)11;;;1-2-3;;/h4-8,16H,3,9-14H2,1-2H3;4-8,14H,3,9-12H2,1-2H3;4-8,15H,3,9-12H2,1-2H3;2-6,12H,7-10H2,1H3,(H,18,19);9,13H,3-8H2,1-2H3;3-8H2,1-2H3;5,11H,2-4H2,1H3,(H,12,13);;;1H2;1H;/q;;;;;;;;+1;;;-1/p+1/t16-,18+;14-,16+;15-,17+;12-,14+;9-,11+;;5-,7+;;;;;/m11111.1...../s1/i/hT. The van der Waals surface area contributed by atoms with Gasteiger partial charge in [0.25, 0.3) is 0 Å². The Morgan fingerprint density at radius 2 is 0.669 bits per heavy atom. The number of aliphatic hydroxyl groups excluding tert-OH is 2. The van der Waals surface area contributed by atoms with Gasteiger partial charge < -0.3 is 92.9 Å². The molecular formula is C100H144BF6NaO28P2S+. The fraction of sp³-hybridized carbons (Fsp3) is 0.670. The van der Waals surface area contributed by atoms with Gasteiger partial charge in [-0.2, -0.15) is 0 Å². The van der Waals surface area contributed by atoms with Crippen molar-refractivity contribution in [3.05, 3.63) is 144 Å². The number of esters is 5. The monoisotopic (exact) mass is 2040 g/mol. The molecule has 3 radical (unpaired) electrons. The molecule has 0 amide bonds. The first-order valence-electron chi connectivity index (χ1n) is 47.4. The summed E-state index contributed by atoms with van der Waals surface area (Å²) < 4.78 is 170. The van der Waals surface area contributed by atoms with Gasteiger partial charge in [-0.05, 0) is 144 Å². The van der Waals surface area contributed by atoms with Crippen LogP contribution in [0.4, 0.5) is 26.3 Å². The number of benzene rings is 4. The Balaban J connectivity index is 0.000000424. The van der Waals surface area contributed by atoms with Gasteiger partial charge in [0.1, 0.15) is 17.0 Å². The molecule has 3 unspecified atom stereocenters. The quantitative estimate of drug-likeness (QED) is 0.0126. The average Bonchev–Trinajstić information content (AvgIpc) is 1.10. The molecule has 3 spiro atoms. The second-order valence-corrected chi connectivity index (χ2v) is 40.4. The molecule has 7 saturated carbocycles. The van der Waals surface area contributed by atoms with Crippen molar-refractivity contribution in [2.24, 2.45) is 37.9 Å². The Hall–Kier alpha value is -6.38. The van der Waals surface area contributed by atoms with Crippen molar-refractivity contribution in [3.63, 3.8) is 0 Å². The summed E-state index contributed by atoms with van der Waals surface area (Å²) in [6.45, 7) is 25.1. The molecule has 15 atom stereocenters. The second-order valence-electron chi connectivity index (χ2n) is 37.6. The number of ketones is 2. The molecule has 3 heterocycles. The van der Waals surface area contributed by atoms with Crippen LogP contribution < -0.4 is 29.6 Å². The van der Waals surface area contributed by atoms with Crippen LogP contribution in [0.3, 0.4) is 0 Å². The van der Waals surface area contributed by atoms with Crippen molar-refractivity contribution in [1.29, 1.82) is 1.28 Å². The van der Waals surface area contributed by atoms with Crippen LogP contribution in [0.15, 0.2) is 121 Å². The van der Waals surface area contributed by atoms with Gasteiger partial charge in [-0.15, -0.1) is 0 Å². The van der Waals surface area contributed by atoms with Crippen molar-refractivity contribution >= 4 is 89.5 Å². The van der Waals surface area contributed by atoms with E-state index >= 15 is 0 Å². The minimum absolute atomic E-state index is 0. The van der Waals surface area contributed by atoms with Crippen LogP contribution in [0.5, 0.6) is 0 Å². The van der Waals surface area contributed by atoms with Gasteiger partial charge in [-0.3, -0.25) is 43.2 Å². The van der Waals surface area contributed by atoms with E-state index in [1.54, 1.807) is 48.5 Å². The van der Waals surface area contributed by atoms with Gasteiger partial charge in [-0.25, -0.2) is 26.3 Å². The van der Waals surface area contributed by atoms with E-state index in [0.29, 0.717) is 137 Å². The maximum Gasteiger partial charge on any atom is 1.00 e. The minimum Gasteiger partial charge on any atom is -1.00 e. The van der Waals surface area contributed by atoms with E-state index in [1.165, 1.54) is 13.8 Å². The molecular weight excluding hydrogens is 1890 g/mol. The fourth-order valence-corrected chi connectivity index (χ4v) is 18.9. The van der Waals surface area contributed by atoms with Crippen LogP contribution in [0.2, 0.25) is 0 Å². The number of alkyl halides is 6. The summed E-state index contributed by atoms with van der Waals surface area (Å²) in [6, 6.07) is 38.6. The van der Waals surface area contributed by atoms with Crippen LogP contribution in [-0.4, -0.2) is 228 Å². The molecule has 3 saturated heterocycles. The average molecular weight is 2040 g/mol. The fourth-order valence-electron chi connectivity index (χ4n) is 18.9. The van der Waals surface area contributed by atoms with E-state index in [9.17, 15) is 84.8 Å². The van der Waals surface area contributed by atoms with Crippen molar-refractivity contribution in [1.82, 2.24) is 0 Å². The number of carboxylic acid groups (broad SMARTS) is 2. The molecule has 4 aromatic rings. The van der Waals surface area contributed by atoms with E-state index < -0.39 is 154 Å². The predicted molar refractivity (Wildman–Crippen MR) is 507 cm³/mol. The number of rotatable bonds is 24. The molecule has 0 aromatic heterocycles. The number of aliphatic carboxylic acids is 2. The summed E-state index contributed by atoms with van der Waals surface area (Å²) in [5.41, 5.74) is -4.27. The number of carbonyl (C=O) groups is 9. The number of ether oxygens (including phenoxy) is 15. The van der Waals surface area contributed by atoms with Crippen LogP contribution >= 0.6 is 15.9 Å². The molecule has 0 bridgehead atoms. The number of carbonyl (C=O) groups excluding carboxylic acids is 7. The molecule has 7 aliphatic carbocycles. The van der Waals surface area contributed by atoms with Crippen LogP contribution in [0, 0.1) is 37.9 Å². The summed E-state index contributed by atoms with van der Waals surface area (Å²) in [7, 11) is 2.20. The van der Waals surface area contributed by atoms with Gasteiger partial charge in [0.2, 0.25) is 17.8 Å². The Morgan fingerprint density at radius 3 is 1.02 bits per heavy atom. The summed E-state index contributed by atoms with van der Waals surface area (Å²) in [5.74, 6) is -15.4. The zero-order valence-corrected chi connectivity index (χ0v) is 87.2. The Bertz CT molecular complexity index is 4590. The third kappa shape index (κ3) is 34.4. The van der Waals surface area contributed by atoms with E-state index in [1.807, 2.05) is 135 Å². The van der Waals surface area contributed by atoms with Crippen molar-refractivity contribution < 1.29 is 193 Å². The van der Waals surface area contributed by atoms with Crippen LogP contribution in [-0.2, 0) is 152 Å². The molecule has 139 heavy (non-hydrogen) atoms. The molecule has 4 N–H and O–H groups in total. The number of halogens is 6. The number of hydrogen-bond donors (Lipinski definition) is 4. The molecule has 4 aromatic carbocycles. The molecule has 28 nitrogen and oxygen atoms in total. The first-order chi connectivity index (χ1) is 64.9. The summed E-state index contributed by atoms with van der Waals surface area (Å²) in [5, 5.41) is 37.4. The first-order valence-corrected chi connectivity index (χ1v) is 50.5. The SMILES string of the molecule is CCOC(=O)C1(C)CC2(CCC1=O)OCCO2.CCOC(=O)[C@@]1(C)CC(=O)CC[C@H]1OCc1ccccc1.CCOC(=O)[C@@]1(C)CC(F)(F)CC[C@H]1OCc1ccccc1.CCOC(=O)[C@@]1(C)CC2(CC[C@H]1O)OCCO2.CCOC(=O)[C@@]1(C)CC2(CC[C@H]1OCc1ccccc1)OCCO2.C[C@]1(C(=O)O)CC(F)(F)CC[C@H]1O.C[C@]1(C(=O)O)CC(F)(F)CC[C@H]1OCc1ccccc1.[3H][P+](P)=S.[B].[H-].[HH].[Na+]. The van der Waals surface area contributed by atoms with Crippen LogP contribution in [0.1, 0.15) is 243 Å². The molecule has 3 aliphatic heterocycles.